The number of aryl methyl sites for hydroxylation is 2. The second-order valence-electron chi connectivity index (χ2n) is 4.60. The van der Waals surface area contributed by atoms with Crippen molar-refractivity contribution in [2.45, 2.75) is 26.7 Å². The van der Waals surface area contributed by atoms with Gasteiger partial charge < -0.3 is 0 Å². The van der Waals surface area contributed by atoms with Crippen LogP contribution in [0.5, 0.6) is 0 Å². The van der Waals surface area contributed by atoms with Crippen molar-refractivity contribution in [1.29, 1.82) is 0 Å². The van der Waals surface area contributed by atoms with Crippen LogP contribution in [0.15, 0.2) is 30.3 Å². The van der Waals surface area contributed by atoms with Gasteiger partial charge in [-0.1, -0.05) is 25.1 Å². The minimum Gasteiger partial charge on any atom is -0.141 e. The van der Waals surface area contributed by atoms with Gasteiger partial charge in [0.25, 0.3) is 0 Å². The van der Waals surface area contributed by atoms with Crippen LogP contribution in [0.4, 0.5) is 0 Å². The lowest BCUT2D eigenvalue weighted by Crippen LogP contribution is -1.88. The van der Waals surface area contributed by atoms with Gasteiger partial charge in [-0.2, -0.15) is 0 Å². The molecule has 3 rings (SSSR count). The summed E-state index contributed by atoms with van der Waals surface area (Å²) in [6.07, 6.45) is 4.61. The van der Waals surface area contributed by atoms with E-state index in [1.165, 1.54) is 32.0 Å². The summed E-state index contributed by atoms with van der Waals surface area (Å²) < 4.78 is 0. The minimum atomic E-state index is 1.10. The molecule has 1 heteroatoms. The fraction of sp³-hybridized carbons (Fsp3) is 0.250. The zero-order chi connectivity index (χ0) is 11.8. The molecule has 86 valence electrons. The Balaban J connectivity index is 2.03. The Kier molecular flexibility index (Phi) is 2.64. The summed E-state index contributed by atoms with van der Waals surface area (Å²) >= 11 is 1.90. The molecule has 0 saturated carbocycles. The third-order valence-corrected chi connectivity index (χ3v) is 4.50. The van der Waals surface area contributed by atoms with E-state index in [1.807, 2.05) is 11.3 Å². The minimum absolute atomic E-state index is 1.10. The van der Waals surface area contributed by atoms with Crippen LogP contribution < -0.4 is 0 Å². The Morgan fingerprint density at radius 1 is 1.18 bits per heavy atom. The summed E-state index contributed by atoms with van der Waals surface area (Å²) in [6, 6.07) is 11.2. The van der Waals surface area contributed by atoms with Crippen LogP contribution >= 0.6 is 11.3 Å². The first kappa shape index (κ1) is 10.8. The summed E-state index contributed by atoms with van der Waals surface area (Å²) in [6.45, 7) is 4.41. The molecule has 0 radical (unpaired) electrons. The molecule has 0 atom stereocenters. The van der Waals surface area contributed by atoms with E-state index in [9.17, 15) is 0 Å². The molecular formula is C16H16S. The molecule has 0 unspecified atom stereocenters. The van der Waals surface area contributed by atoms with Gasteiger partial charge in [0.05, 0.1) is 0 Å². The van der Waals surface area contributed by atoms with E-state index in [-0.39, 0.29) is 0 Å². The molecule has 0 amide bonds. The number of hydrogen-bond donors (Lipinski definition) is 0. The van der Waals surface area contributed by atoms with Crippen molar-refractivity contribution in [3.63, 3.8) is 0 Å². The fourth-order valence-electron chi connectivity index (χ4n) is 2.51. The molecule has 0 spiro atoms. The Bertz CT molecular complexity index is 587. The summed E-state index contributed by atoms with van der Waals surface area (Å²) in [5, 5.41) is 0. The molecule has 1 aromatic carbocycles. The third-order valence-electron chi connectivity index (χ3n) is 3.42. The Labute approximate surface area is 107 Å². The molecule has 1 aliphatic carbocycles. The van der Waals surface area contributed by atoms with Crippen LogP contribution in [0.3, 0.4) is 0 Å². The largest absolute Gasteiger partial charge is 0.141 e. The second kappa shape index (κ2) is 4.15. The van der Waals surface area contributed by atoms with Crippen LogP contribution in [-0.2, 0) is 12.8 Å². The SMILES string of the molecule is CCc1cccc2c1C=C(c1ccc(C)s1)C2. The Morgan fingerprint density at radius 3 is 2.76 bits per heavy atom. The standard InChI is InChI=1S/C16H16S/c1-3-12-5-4-6-13-9-14(10-15(12)13)16-8-7-11(2)17-16/h4-8,10H,3,9H2,1-2H3. The molecule has 0 fully saturated rings. The fourth-order valence-corrected chi connectivity index (χ4v) is 3.39. The summed E-state index contributed by atoms with van der Waals surface area (Å²) in [7, 11) is 0. The van der Waals surface area contributed by atoms with Gasteiger partial charge in [-0.15, -0.1) is 11.3 Å². The summed E-state index contributed by atoms with van der Waals surface area (Å²) in [5.74, 6) is 0. The quantitative estimate of drug-likeness (QED) is 0.712. The maximum atomic E-state index is 2.39. The first-order valence-electron chi connectivity index (χ1n) is 6.16. The molecule has 1 aliphatic rings. The van der Waals surface area contributed by atoms with Crippen LogP contribution in [-0.4, -0.2) is 0 Å². The van der Waals surface area contributed by atoms with Crippen molar-refractivity contribution in [3.8, 4) is 0 Å². The van der Waals surface area contributed by atoms with Gasteiger partial charge in [-0.05, 0) is 60.2 Å². The van der Waals surface area contributed by atoms with Crippen molar-refractivity contribution in [2.75, 3.05) is 0 Å². The molecule has 1 heterocycles. The first-order valence-corrected chi connectivity index (χ1v) is 6.97. The van der Waals surface area contributed by atoms with Crippen molar-refractivity contribution >= 4 is 23.0 Å². The number of fused-ring (bicyclic) bond motifs is 1. The number of rotatable bonds is 2. The van der Waals surface area contributed by atoms with Gasteiger partial charge in [0.1, 0.15) is 0 Å². The molecule has 17 heavy (non-hydrogen) atoms. The van der Waals surface area contributed by atoms with Gasteiger partial charge in [0, 0.05) is 9.75 Å². The van der Waals surface area contributed by atoms with Crippen molar-refractivity contribution < 1.29 is 0 Å². The predicted octanol–water partition coefficient (Wildman–Crippen LogP) is 4.72. The highest BCUT2D eigenvalue weighted by atomic mass is 32.1. The van der Waals surface area contributed by atoms with Gasteiger partial charge in [0.2, 0.25) is 0 Å². The van der Waals surface area contributed by atoms with Crippen LogP contribution in [0, 0.1) is 6.92 Å². The summed E-state index contributed by atoms with van der Waals surface area (Å²) in [4.78, 5) is 2.83. The molecular weight excluding hydrogens is 224 g/mol. The maximum Gasteiger partial charge on any atom is 0.0308 e. The molecule has 0 bridgehead atoms. The van der Waals surface area contributed by atoms with E-state index in [4.69, 9.17) is 0 Å². The predicted molar refractivity (Wildman–Crippen MR) is 76.5 cm³/mol. The molecule has 0 saturated heterocycles. The van der Waals surface area contributed by atoms with Gasteiger partial charge in [0.15, 0.2) is 0 Å². The number of thiophene rings is 1. The molecule has 2 aromatic rings. The average molecular weight is 240 g/mol. The monoisotopic (exact) mass is 240 g/mol. The van der Waals surface area contributed by atoms with Gasteiger partial charge in [-0.3, -0.25) is 0 Å². The maximum absolute atomic E-state index is 2.39. The molecule has 0 N–H and O–H groups in total. The number of benzene rings is 1. The van der Waals surface area contributed by atoms with E-state index in [2.05, 4.69) is 50.3 Å². The highest BCUT2D eigenvalue weighted by Crippen LogP contribution is 2.36. The summed E-state index contributed by atoms with van der Waals surface area (Å²) in [5.41, 5.74) is 5.92. The van der Waals surface area contributed by atoms with Gasteiger partial charge in [-0.25, -0.2) is 0 Å². The smallest absolute Gasteiger partial charge is 0.0308 e. The lowest BCUT2D eigenvalue weighted by Gasteiger charge is -2.03. The zero-order valence-electron chi connectivity index (χ0n) is 10.3. The molecule has 0 aliphatic heterocycles. The van der Waals surface area contributed by atoms with E-state index >= 15 is 0 Å². The Morgan fingerprint density at radius 2 is 2.06 bits per heavy atom. The normalized spacial score (nSPS) is 13.6. The molecule has 1 aromatic heterocycles. The lowest BCUT2D eigenvalue weighted by atomic mass is 10.0. The van der Waals surface area contributed by atoms with Crippen LogP contribution in [0.2, 0.25) is 0 Å². The Hall–Kier alpha value is -1.34. The van der Waals surface area contributed by atoms with Crippen molar-refractivity contribution in [3.05, 3.63) is 56.8 Å². The number of hydrogen-bond acceptors (Lipinski definition) is 1. The van der Waals surface area contributed by atoms with Crippen LogP contribution in [0.25, 0.3) is 11.6 Å². The second-order valence-corrected chi connectivity index (χ2v) is 5.89. The highest BCUT2D eigenvalue weighted by Gasteiger charge is 2.16. The average Bonchev–Trinajstić information content (AvgIpc) is 2.93. The van der Waals surface area contributed by atoms with E-state index in [0.717, 1.165) is 12.8 Å². The topological polar surface area (TPSA) is 0 Å². The van der Waals surface area contributed by atoms with Crippen molar-refractivity contribution in [1.82, 2.24) is 0 Å². The van der Waals surface area contributed by atoms with Crippen LogP contribution in [0.1, 0.15) is 33.4 Å². The van der Waals surface area contributed by atoms with Crippen molar-refractivity contribution in [2.24, 2.45) is 0 Å². The lowest BCUT2D eigenvalue weighted by molar-refractivity contribution is 1.12. The highest BCUT2D eigenvalue weighted by molar-refractivity contribution is 7.13. The van der Waals surface area contributed by atoms with E-state index in [0.29, 0.717) is 0 Å². The number of allylic oxidation sites excluding steroid dienone is 1. The first-order chi connectivity index (χ1) is 8.28. The van der Waals surface area contributed by atoms with Gasteiger partial charge >= 0.3 is 0 Å². The third kappa shape index (κ3) is 1.85. The van der Waals surface area contributed by atoms with E-state index in [1.54, 1.807) is 0 Å². The molecule has 0 nitrogen and oxygen atoms in total. The van der Waals surface area contributed by atoms with E-state index < -0.39 is 0 Å². The zero-order valence-corrected chi connectivity index (χ0v) is 11.1.